The van der Waals surface area contributed by atoms with E-state index in [4.69, 9.17) is 5.73 Å². The number of aryl methyl sites for hydroxylation is 1. The fourth-order valence-corrected chi connectivity index (χ4v) is 1.14. The molecule has 0 fully saturated rings. The van der Waals surface area contributed by atoms with E-state index >= 15 is 0 Å². The fourth-order valence-electron chi connectivity index (χ4n) is 1.14. The van der Waals surface area contributed by atoms with E-state index in [1.807, 2.05) is 18.2 Å². The number of nitrogens with two attached hydrogens (primary N) is 1. The molecule has 0 unspecified atom stereocenters. The molecule has 1 nitrogen and oxygen atoms in total. The minimum atomic E-state index is 0.655. The molecule has 0 atom stereocenters. The first-order chi connectivity index (χ1) is 5.25. The van der Waals surface area contributed by atoms with Gasteiger partial charge in [0.15, 0.2) is 0 Å². The summed E-state index contributed by atoms with van der Waals surface area (Å²) < 4.78 is 0. The second-order valence-corrected chi connectivity index (χ2v) is 2.54. The van der Waals surface area contributed by atoms with Crippen LogP contribution in [0, 0.1) is 0 Å². The first-order valence-corrected chi connectivity index (χ1v) is 3.78. The summed E-state index contributed by atoms with van der Waals surface area (Å²) in [6, 6.07) is 8.08. The highest BCUT2D eigenvalue weighted by atomic mass is 14.6. The van der Waals surface area contributed by atoms with E-state index in [1.165, 1.54) is 5.56 Å². The Hall–Kier alpha value is -1.24. The van der Waals surface area contributed by atoms with Crippen LogP contribution in [0.15, 0.2) is 30.8 Å². The third-order valence-electron chi connectivity index (χ3n) is 1.74. The van der Waals surface area contributed by atoms with Crippen LogP contribution in [0.4, 0.5) is 0 Å². The predicted octanol–water partition coefficient (Wildman–Crippen LogP) is 2.18. The van der Waals surface area contributed by atoms with Crippen LogP contribution in [0.2, 0.25) is 0 Å². The van der Waals surface area contributed by atoms with Crippen molar-refractivity contribution in [2.75, 3.05) is 0 Å². The van der Waals surface area contributed by atoms with Crippen molar-refractivity contribution in [2.45, 2.75) is 13.3 Å². The highest BCUT2D eigenvalue weighted by Gasteiger charge is 1.98. The molecule has 0 saturated heterocycles. The molecule has 0 heterocycles. The molecule has 0 radical (unpaired) electrons. The average molecular weight is 147 g/mol. The summed E-state index contributed by atoms with van der Waals surface area (Å²) in [5, 5.41) is 0. The largest absolute Gasteiger partial charge is 0.399 e. The maximum absolute atomic E-state index is 5.60. The quantitative estimate of drug-likeness (QED) is 0.681. The van der Waals surface area contributed by atoms with E-state index in [-0.39, 0.29) is 0 Å². The van der Waals surface area contributed by atoms with Crippen LogP contribution in [0.25, 0.3) is 5.70 Å². The Balaban J connectivity index is 3.12. The lowest BCUT2D eigenvalue weighted by molar-refractivity contribution is 1.13. The smallest absolute Gasteiger partial charge is 0.0317 e. The monoisotopic (exact) mass is 147 g/mol. The van der Waals surface area contributed by atoms with Gasteiger partial charge in [0.05, 0.1) is 0 Å². The van der Waals surface area contributed by atoms with E-state index in [0.717, 1.165) is 12.0 Å². The van der Waals surface area contributed by atoms with Crippen LogP contribution in [-0.4, -0.2) is 0 Å². The van der Waals surface area contributed by atoms with Crippen molar-refractivity contribution >= 4 is 5.70 Å². The number of hydrogen-bond acceptors (Lipinski definition) is 1. The predicted molar refractivity (Wildman–Crippen MR) is 49.0 cm³/mol. The number of rotatable bonds is 2. The zero-order valence-corrected chi connectivity index (χ0v) is 6.80. The average Bonchev–Trinajstić information content (AvgIpc) is 2.04. The van der Waals surface area contributed by atoms with Crippen LogP contribution < -0.4 is 5.73 Å². The molecule has 0 saturated carbocycles. The van der Waals surface area contributed by atoms with Crippen molar-refractivity contribution in [2.24, 2.45) is 5.73 Å². The molecule has 0 amide bonds. The van der Waals surface area contributed by atoms with E-state index in [2.05, 4.69) is 19.6 Å². The van der Waals surface area contributed by atoms with Crippen molar-refractivity contribution in [3.63, 3.8) is 0 Å². The van der Waals surface area contributed by atoms with Crippen molar-refractivity contribution in [1.82, 2.24) is 0 Å². The zero-order valence-electron chi connectivity index (χ0n) is 6.80. The highest BCUT2D eigenvalue weighted by molar-refractivity contribution is 5.63. The molecule has 58 valence electrons. The lowest BCUT2D eigenvalue weighted by Crippen LogP contribution is -1.97. The van der Waals surface area contributed by atoms with E-state index in [1.54, 1.807) is 0 Å². The molecule has 0 bridgehead atoms. The standard InChI is InChI=1S/C10H13N/c1-3-9-6-4-5-7-10(9)8(2)11/h4-7H,2-3,11H2,1H3. The zero-order chi connectivity index (χ0) is 8.27. The molecule has 0 aromatic heterocycles. The van der Waals surface area contributed by atoms with Gasteiger partial charge in [-0.25, -0.2) is 0 Å². The molecule has 11 heavy (non-hydrogen) atoms. The maximum atomic E-state index is 5.60. The van der Waals surface area contributed by atoms with E-state index in [0.29, 0.717) is 5.70 Å². The molecule has 1 heteroatoms. The lowest BCUT2D eigenvalue weighted by atomic mass is 10.0. The number of benzene rings is 1. The van der Waals surface area contributed by atoms with Gasteiger partial charge in [-0.15, -0.1) is 0 Å². The van der Waals surface area contributed by atoms with Gasteiger partial charge in [-0.3, -0.25) is 0 Å². The first-order valence-electron chi connectivity index (χ1n) is 3.78. The molecule has 1 aromatic rings. The van der Waals surface area contributed by atoms with Gasteiger partial charge in [0.2, 0.25) is 0 Å². The molecule has 0 aliphatic heterocycles. The first kappa shape index (κ1) is 7.86. The Bertz CT molecular complexity index is 263. The minimum absolute atomic E-state index is 0.655. The summed E-state index contributed by atoms with van der Waals surface area (Å²) in [5.41, 5.74) is 8.59. The summed E-state index contributed by atoms with van der Waals surface area (Å²) in [7, 11) is 0. The van der Waals surface area contributed by atoms with Crippen molar-refractivity contribution in [3.8, 4) is 0 Å². The lowest BCUT2D eigenvalue weighted by Gasteiger charge is -2.05. The molecule has 0 aliphatic rings. The normalized spacial score (nSPS) is 9.55. The summed E-state index contributed by atoms with van der Waals surface area (Å²) in [6.07, 6.45) is 1.01. The third-order valence-corrected chi connectivity index (χ3v) is 1.74. The molecule has 1 aromatic carbocycles. The van der Waals surface area contributed by atoms with Gasteiger partial charge in [0.1, 0.15) is 0 Å². The summed E-state index contributed by atoms with van der Waals surface area (Å²) in [6.45, 7) is 5.82. The Labute approximate surface area is 67.5 Å². The molecular formula is C10H13N. The van der Waals surface area contributed by atoms with E-state index in [9.17, 15) is 0 Å². The molecule has 1 rings (SSSR count). The molecule has 0 aliphatic carbocycles. The Morgan fingerprint density at radius 3 is 2.55 bits per heavy atom. The highest BCUT2D eigenvalue weighted by Crippen LogP contribution is 2.13. The van der Waals surface area contributed by atoms with Crippen molar-refractivity contribution in [1.29, 1.82) is 0 Å². The van der Waals surface area contributed by atoms with Crippen LogP contribution >= 0.6 is 0 Å². The van der Waals surface area contributed by atoms with Crippen molar-refractivity contribution < 1.29 is 0 Å². The Kier molecular flexibility index (Phi) is 2.32. The maximum Gasteiger partial charge on any atom is 0.0317 e. The van der Waals surface area contributed by atoms with Gasteiger partial charge in [0, 0.05) is 5.70 Å². The molecular weight excluding hydrogens is 134 g/mol. The van der Waals surface area contributed by atoms with E-state index < -0.39 is 0 Å². The molecule has 2 N–H and O–H groups in total. The van der Waals surface area contributed by atoms with Crippen LogP contribution in [0.3, 0.4) is 0 Å². The third kappa shape index (κ3) is 1.61. The second kappa shape index (κ2) is 3.24. The number of hydrogen-bond donors (Lipinski definition) is 1. The van der Waals surface area contributed by atoms with Crippen LogP contribution in [-0.2, 0) is 6.42 Å². The Morgan fingerprint density at radius 1 is 1.45 bits per heavy atom. The summed E-state index contributed by atoms with van der Waals surface area (Å²) >= 11 is 0. The topological polar surface area (TPSA) is 26.0 Å². The summed E-state index contributed by atoms with van der Waals surface area (Å²) in [4.78, 5) is 0. The SMILES string of the molecule is C=C(N)c1ccccc1CC. The Morgan fingerprint density at radius 2 is 2.09 bits per heavy atom. The van der Waals surface area contributed by atoms with Gasteiger partial charge < -0.3 is 5.73 Å². The van der Waals surface area contributed by atoms with Gasteiger partial charge in [-0.2, -0.15) is 0 Å². The van der Waals surface area contributed by atoms with Gasteiger partial charge in [0.25, 0.3) is 0 Å². The fraction of sp³-hybridized carbons (Fsp3) is 0.200. The van der Waals surface area contributed by atoms with Crippen LogP contribution in [0.1, 0.15) is 18.1 Å². The van der Waals surface area contributed by atoms with Crippen LogP contribution in [0.5, 0.6) is 0 Å². The summed E-state index contributed by atoms with van der Waals surface area (Å²) in [5.74, 6) is 0. The minimum Gasteiger partial charge on any atom is -0.399 e. The van der Waals surface area contributed by atoms with Gasteiger partial charge in [-0.05, 0) is 17.5 Å². The van der Waals surface area contributed by atoms with Crippen molar-refractivity contribution in [3.05, 3.63) is 42.0 Å². The van der Waals surface area contributed by atoms with Gasteiger partial charge >= 0.3 is 0 Å². The second-order valence-electron chi connectivity index (χ2n) is 2.54. The molecule has 0 spiro atoms. The van der Waals surface area contributed by atoms with Gasteiger partial charge in [-0.1, -0.05) is 37.8 Å².